The predicted molar refractivity (Wildman–Crippen MR) is 92.2 cm³/mol. The average molecular weight is 343 g/mol. The van der Waals surface area contributed by atoms with Gasteiger partial charge in [-0.3, -0.25) is 4.79 Å². The highest BCUT2D eigenvalue weighted by Crippen LogP contribution is 2.29. The third kappa shape index (κ3) is 3.68. The number of rotatable bonds is 5. The molecule has 3 nitrogen and oxygen atoms in total. The van der Waals surface area contributed by atoms with Crippen molar-refractivity contribution in [2.45, 2.75) is 30.7 Å². The van der Waals surface area contributed by atoms with Crippen molar-refractivity contribution in [3.63, 3.8) is 0 Å². The van der Waals surface area contributed by atoms with E-state index in [1.54, 1.807) is 24.3 Å². The van der Waals surface area contributed by atoms with Gasteiger partial charge in [-0.15, -0.1) is 0 Å². The summed E-state index contributed by atoms with van der Waals surface area (Å²) in [6, 6.07) is 12.8. The second-order valence-corrected chi connectivity index (χ2v) is 7.05. The second-order valence-electron chi connectivity index (χ2n) is 5.81. The molecular formula is C19H18FNO2S. The number of nitrogens with one attached hydrogen (secondary N) is 1. The van der Waals surface area contributed by atoms with Crippen molar-refractivity contribution in [2.75, 3.05) is 0 Å². The summed E-state index contributed by atoms with van der Waals surface area (Å²) in [6.07, 6.45) is 3.02. The zero-order valence-corrected chi connectivity index (χ0v) is 14.1. The fraction of sp³-hybridized carbons (Fsp3) is 0.211. The van der Waals surface area contributed by atoms with Crippen LogP contribution in [0.4, 0.5) is 4.39 Å². The van der Waals surface area contributed by atoms with Crippen LogP contribution in [-0.4, -0.2) is 9.99 Å². The topological polar surface area (TPSA) is 46.2 Å². The molecule has 2 aromatic rings. The normalized spacial score (nSPS) is 16.8. The smallest absolute Gasteiger partial charge is 0.160 e. The Kier molecular flexibility index (Phi) is 5.02. The molecule has 2 atom stereocenters. The minimum absolute atomic E-state index is 0.0396. The quantitative estimate of drug-likeness (QED) is 0.898. The number of ketones is 1. The van der Waals surface area contributed by atoms with Crippen LogP contribution in [0, 0.1) is 12.7 Å². The van der Waals surface area contributed by atoms with Crippen LogP contribution in [0.25, 0.3) is 0 Å². The average Bonchev–Trinajstić information content (AvgIpc) is 3.00. The van der Waals surface area contributed by atoms with Crippen molar-refractivity contribution < 1.29 is 13.4 Å². The number of hydrogen-bond donors (Lipinski definition) is 1. The molecule has 3 rings (SSSR count). The maximum Gasteiger partial charge on any atom is 0.160 e. The van der Waals surface area contributed by atoms with Crippen LogP contribution in [-0.2, 0) is 15.8 Å². The van der Waals surface area contributed by atoms with E-state index in [-0.39, 0.29) is 11.6 Å². The summed E-state index contributed by atoms with van der Waals surface area (Å²) in [5.74, 6) is -0.304. The van der Waals surface area contributed by atoms with Crippen LogP contribution in [0.5, 0.6) is 0 Å². The Morgan fingerprint density at radius 3 is 2.33 bits per heavy atom. The van der Waals surface area contributed by atoms with Gasteiger partial charge >= 0.3 is 0 Å². The van der Waals surface area contributed by atoms with E-state index in [1.165, 1.54) is 12.1 Å². The van der Waals surface area contributed by atoms with Gasteiger partial charge in [-0.25, -0.2) is 13.3 Å². The minimum Gasteiger partial charge on any atom is -0.294 e. The van der Waals surface area contributed by atoms with Crippen molar-refractivity contribution in [3.05, 3.63) is 77.1 Å². The standard InChI is InChI=1S/C19H18FNO2S/c1-13-5-11-16(12-6-13)24(23)21-19(17-3-2-4-18(17)22)14-7-9-15(20)10-8-14/h3,5-12,19,21H,2,4H2,1H3/t19-,24?/m0/s1. The highest BCUT2D eigenvalue weighted by Gasteiger charge is 2.27. The molecule has 0 radical (unpaired) electrons. The maximum atomic E-state index is 13.2. The van der Waals surface area contributed by atoms with Gasteiger partial charge in [0.1, 0.15) is 16.8 Å². The van der Waals surface area contributed by atoms with Gasteiger partial charge in [-0.05, 0) is 43.2 Å². The van der Waals surface area contributed by atoms with E-state index >= 15 is 0 Å². The van der Waals surface area contributed by atoms with Gasteiger partial charge in [0.25, 0.3) is 0 Å². The lowest BCUT2D eigenvalue weighted by molar-refractivity contribution is -0.115. The zero-order chi connectivity index (χ0) is 17.1. The maximum absolute atomic E-state index is 13.2. The molecule has 0 saturated carbocycles. The molecular weight excluding hydrogens is 325 g/mol. The molecule has 0 spiro atoms. The number of allylic oxidation sites excluding steroid dienone is 1. The lowest BCUT2D eigenvalue weighted by Crippen LogP contribution is -2.27. The van der Waals surface area contributed by atoms with Crippen LogP contribution in [0.2, 0.25) is 0 Å². The lowest BCUT2D eigenvalue weighted by atomic mass is 9.98. The molecule has 0 heterocycles. The van der Waals surface area contributed by atoms with Crippen molar-refractivity contribution in [1.29, 1.82) is 0 Å². The number of hydrogen-bond acceptors (Lipinski definition) is 2. The highest BCUT2D eigenvalue weighted by atomic mass is 32.2. The van der Waals surface area contributed by atoms with E-state index in [0.29, 0.717) is 23.3 Å². The largest absolute Gasteiger partial charge is 0.294 e. The summed E-state index contributed by atoms with van der Waals surface area (Å²) in [7, 11) is -1.48. The van der Waals surface area contributed by atoms with Gasteiger partial charge in [0.2, 0.25) is 0 Å². The number of Topliss-reactive ketones (excluding diaryl/α,β-unsaturated/α-hetero) is 1. The third-order valence-electron chi connectivity index (χ3n) is 4.03. The summed E-state index contributed by atoms with van der Waals surface area (Å²) in [5, 5.41) is 0. The van der Waals surface area contributed by atoms with E-state index in [2.05, 4.69) is 4.72 Å². The molecule has 1 aliphatic carbocycles. The third-order valence-corrected chi connectivity index (χ3v) is 5.18. The fourth-order valence-electron chi connectivity index (χ4n) is 2.70. The molecule has 24 heavy (non-hydrogen) atoms. The van der Waals surface area contributed by atoms with Crippen LogP contribution in [0.3, 0.4) is 0 Å². The molecule has 5 heteroatoms. The van der Waals surface area contributed by atoms with Crippen LogP contribution >= 0.6 is 0 Å². The van der Waals surface area contributed by atoms with Gasteiger partial charge in [0, 0.05) is 12.0 Å². The number of aryl methyl sites for hydroxylation is 1. The number of benzene rings is 2. The Hall–Kier alpha value is -2.11. The first kappa shape index (κ1) is 16.7. The highest BCUT2D eigenvalue weighted by molar-refractivity contribution is 7.83. The molecule has 124 valence electrons. The molecule has 1 N–H and O–H groups in total. The van der Waals surface area contributed by atoms with E-state index in [9.17, 15) is 13.4 Å². The van der Waals surface area contributed by atoms with E-state index < -0.39 is 17.0 Å². The van der Waals surface area contributed by atoms with Crippen molar-refractivity contribution in [2.24, 2.45) is 0 Å². The summed E-state index contributed by atoms with van der Waals surface area (Å²) in [4.78, 5) is 12.8. The summed E-state index contributed by atoms with van der Waals surface area (Å²) in [5.41, 5.74) is 2.40. The molecule has 0 amide bonds. The van der Waals surface area contributed by atoms with E-state index in [0.717, 1.165) is 11.1 Å². The molecule has 0 aliphatic heterocycles. The Morgan fingerprint density at radius 2 is 1.75 bits per heavy atom. The summed E-state index contributed by atoms with van der Waals surface area (Å²) < 4.78 is 28.9. The molecule has 1 unspecified atom stereocenters. The van der Waals surface area contributed by atoms with Crippen LogP contribution in [0.1, 0.15) is 30.0 Å². The number of carbonyl (C=O) groups excluding carboxylic acids is 1. The molecule has 0 aromatic heterocycles. The fourth-order valence-corrected chi connectivity index (χ4v) is 3.70. The molecule has 0 bridgehead atoms. The Balaban J connectivity index is 1.90. The number of halogens is 1. The molecule has 0 fully saturated rings. The first-order valence-electron chi connectivity index (χ1n) is 7.78. The van der Waals surface area contributed by atoms with Gasteiger partial charge in [0.05, 0.1) is 10.9 Å². The lowest BCUT2D eigenvalue weighted by Gasteiger charge is -2.19. The van der Waals surface area contributed by atoms with Crippen molar-refractivity contribution in [3.8, 4) is 0 Å². The van der Waals surface area contributed by atoms with E-state index in [1.807, 2.05) is 25.1 Å². The monoisotopic (exact) mass is 343 g/mol. The SMILES string of the molecule is Cc1ccc(S(=O)N[C@H](C2=CCCC2=O)c2ccc(F)cc2)cc1. The molecule has 2 aromatic carbocycles. The van der Waals surface area contributed by atoms with Crippen molar-refractivity contribution >= 4 is 16.8 Å². The Bertz CT molecular complexity index is 797. The van der Waals surface area contributed by atoms with Gasteiger partial charge < -0.3 is 0 Å². The predicted octanol–water partition coefficient (Wildman–Crippen LogP) is 3.78. The summed E-state index contributed by atoms with van der Waals surface area (Å²) in [6.45, 7) is 1.96. The minimum atomic E-state index is -1.48. The zero-order valence-electron chi connectivity index (χ0n) is 13.3. The second kappa shape index (κ2) is 7.20. The molecule has 0 saturated heterocycles. The summed E-state index contributed by atoms with van der Waals surface area (Å²) >= 11 is 0. The van der Waals surface area contributed by atoms with Gasteiger partial charge in [-0.1, -0.05) is 35.9 Å². The van der Waals surface area contributed by atoms with Gasteiger partial charge in [0.15, 0.2) is 5.78 Å². The van der Waals surface area contributed by atoms with Crippen LogP contribution in [0.15, 0.2) is 65.1 Å². The first-order chi connectivity index (χ1) is 11.5. The molecule has 1 aliphatic rings. The number of carbonyl (C=O) groups is 1. The van der Waals surface area contributed by atoms with Gasteiger partial charge in [-0.2, -0.15) is 0 Å². The Morgan fingerprint density at radius 1 is 1.08 bits per heavy atom. The first-order valence-corrected chi connectivity index (χ1v) is 8.93. The Labute approximate surface area is 143 Å². The van der Waals surface area contributed by atoms with E-state index in [4.69, 9.17) is 0 Å². The van der Waals surface area contributed by atoms with Crippen molar-refractivity contribution in [1.82, 2.24) is 4.72 Å². The van der Waals surface area contributed by atoms with Crippen LogP contribution < -0.4 is 4.72 Å².